The largest absolute Gasteiger partial charge is 0.481 e. The summed E-state index contributed by atoms with van der Waals surface area (Å²) in [5.41, 5.74) is -0.881. The molecule has 6 heteroatoms. The Morgan fingerprint density at radius 1 is 0.917 bits per heavy atom. The number of aliphatic carboxylic acids is 1. The Labute approximate surface area is 216 Å². The van der Waals surface area contributed by atoms with Crippen molar-refractivity contribution in [2.24, 2.45) is 50.2 Å². The third-order valence-corrected chi connectivity index (χ3v) is 13.2. The first-order valence-corrected chi connectivity index (χ1v) is 14.2. The monoisotopic (exact) mass is 504 g/mol. The van der Waals surface area contributed by atoms with Crippen LogP contribution in [-0.4, -0.2) is 56.9 Å². The molecule has 0 amide bonds. The van der Waals surface area contributed by atoms with Gasteiger partial charge in [0.15, 0.2) is 0 Å². The van der Waals surface area contributed by atoms with Crippen LogP contribution in [0, 0.1) is 50.2 Å². The lowest BCUT2D eigenvalue weighted by atomic mass is 9.33. The van der Waals surface area contributed by atoms with Crippen molar-refractivity contribution in [1.29, 1.82) is 0 Å². The fraction of sp³-hybridized carbons (Fsp3) is 0.900. The molecule has 204 valence electrons. The smallest absolute Gasteiger partial charge is 0.310 e. The molecular weight excluding hydrogens is 456 g/mol. The van der Waals surface area contributed by atoms with E-state index in [1.165, 1.54) is 5.57 Å². The zero-order valence-electron chi connectivity index (χ0n) is 22.9. The standard InChI is InChI=1S/C30H48O6/c1-25(2)10-12-29(24(35)36)13-11-27(4)18(19(29)14-25)6-7-21-26(3)15-20(33)23(34)30(16-31,17-32)22(26)8-9-28(21,27)5/h6,19-23,31-34H,7-17H2,1-5H3,(H,35,36)/t19-,20+,21+,22+,23-,26+,27+,28+,29-/m0/s1. The molecular formula is C30H48O6. The summed E-state index contributed by atoms with van der Waals surface area (Å²) in [6, 6.07) is 0. The maximum atomic E-state index is 12.8. The molecule has 9 atom stereocenters. The molecule has 6 nitrogen and oxygen atoms in total. The minimum absolute atomic E-state index is 0.0496. The molecule has 5 aliphatic rings. The Morgan fingerprint density at radius 3 is 2.17 bits per heavy atom. The van der Waals surface area contributed by atoms with E-state index >= 15 is 0 Å². The summed E-state index contributed by atoms with van der Waals surface area (Å²) in [4.78, 5) is 12.8. The van der Waals surface area contributed by atoms with E-state index in [2.05, 4.69) is 40.7 Å². The molecule has 0 radical (unpaired) electrons. The van der Waals surface area contributed by atoms with E-state index in [0.717, 1.165) is 44.9 Å². The molecule has 0 unspecified atom stereocenters. The van der Waals surface area contributed by atoms with Crippen LogP contribution in [0.2, 0.25) is 0 Å². The summed E-state index contributed by atoms with van der Waals surface area (Å²) >= 11 is 0. The molecule has 36 heavy (non-hydrogen) atoms. The number of carboxylic acid groups (broad SMARTS) is 1. The quantitative estimate of drug-likeness (QED) is 0.369. The van der Waals surface area contributed by atoms with Crippen LogP contribution in [0.5, 0.6) is 0 Å². The first-order chi connectivity index (χ1) is 16.7. The Bertz CT molecular complexity index is 953. The maximum absolute atomic E-state index is 12.8. The van der Waals surface area contributed by atoms with Crippen molar-refractivity contribution in [2.75, 3.05) is 13.2 Å². The van der Waals surface area contributed by atoms with Gasteiger partial charge < -0.3 is 25.5 Å². The first kappa shape index (κ1) is 26.6. The Hall–Kier alpha value is -0.950. The molecule has 0 aromatic heterocycles. The summed E-state index contributed by atoms with van der Waals surface area (Å²) in [7, 11) is 0. The van der Waals surface area contributed by atoms with Crippen LogP contribution in [0.25, 0.3) is 0 Å². The van der Waals surface area contributed by atoms with Crippen molar-refractivity contribution < 1.29 is 30.3 Å². The van der Waals surface area contributed by atoms with Crippen LogP contribution in [0.4, 0.5) is 0 Å². The van der Waals surface area contributed by atoms with E-state index < -0.39 is 29.0 Å². The van der Waals surface area contributed by atoms with Crippen molar-refractivity contribution in [3.05, 3.63) is 11.6 Å². The summed E-state index contributed by atoms with van der Waals surface area (Å²) in [5.74, 6) is -0.459. The maximum Gasteiger partial charge on any atom is 0.310 e. The third kappa shape index (κ3) is 3.08. The number of rotatable bonds is 3. The van der Waals surface area contributed by atoms with Crippen molar-refractivity contribution in [1.82, 2.24) is 0 Å². The van der Waals surface area contributed by atoms with Gasteiger partial charge >= 0.3 is 5.97 Å². The van der Waals surface area contributed by atoms with Gasteiger partial charge in [0, 0.05) is 5.41 Å². The Kier molecular flexibility index (Phi) is 5.95. The molecule has 4 fully saturated rings. The number of hydrogen-bond donors (Lipinski definition) is 5. The zero-order valence-corrected chi connectivity index (χ0v) is 22.9. The van der Waals surface area contributed by atoms with Crippen molar-refractivity contribution in [2.45, 2.75) is 105 Å². The molecule has 0 aromatic carbocycles. The average molecular weight is 505 g/mol. The predicted molar refractivity (Wildman–Crippen MR) is 137 cm³/mol. The van der Waals surface area contributed by atoms with Gasteiger partial charge in [0.05, 0.1) is 30.8 Å². The van der Waals surface area contributed by atoms with Crippen molar-refractivity contribution >= 4 is 5.97 Å². The number of aliphatic hydroxyl groups is 4. The molecule has 0 bridgehead atoms. The predicted octanol–water partition coefficient (Wildman–Crippen LogP) is 4.15. The average Bonchev–Trinajstić information content (AvgIpc) is 2.80. The second kappa shape index (κ2) is 8.03. The van der Waals surface area contributed by atoms with Gasteiger partial charge in [-0.1, -0.05) is 46.3 Å². The Morgan fingerprint density at radius 2 is 1.56 bits per heavy atom. The van der Waals surface area contributed by atoms with Crippen molar-refractivity contribution in [3.8, 4) is 0 Å². The lowest BCUT2D eigenvalue weighted by molar-refractivity contribution is -0.256. The highest BCUT2D eigenvalue weighted by Gasteiger charge is 2.71. The van der Waals surface area contributed by atoms with Gasteiger partial charge in [-0.3, -0.25) is 4.79 Å². The molecule has 0 saturated heterocycles. The minimum Gasteiger partial charge on any atom is -0.481 e. The molecule has 5 rings (SSSR count). The topological polar surface area (TPSA) is 118 Å². The molecule has 4 saturated carbocycles. The van der Waals surface area contributed by atoms with E-state index in [9.17, 15) is 30.3 Å². The highest BCUT2D eigenvalue weighted by Crippen LogP contribution is 2.75. The fourth-order valence-corrected chi connectivity index (χ4v) is 10.8. The lowest BCUT2D eigenvalue weighted by Crippen LogP contribution is -2.69. The number of carboxylic acids is 1. The molecule has 5 N–H and O–H groups in total. The number of hydrogen-bond acceptors (Lipinski definition) is 5. The fourth-order valence-electron chi connectivity index (χ4n) is 10.8. The number of carbonyl (C=O) groups is 1. The van der Waals surface area contributed by atoms with Crippen LogP contribution >= 0.6 is 0 Å². The number of allylic oxidation sites excluding steroid dienone is 2. The summed E-state index contributed by atoms with van der Waals surface area (Å²) < 4.78 is 0. The van der Waals surface area contributed by atoms with Crippen LogP contribution in [0.1, 0.15) is 92.4 Å². The molecule has 0 aliphatic heterocycles. The molecule has 5 aliphatic carbocycles. The highest BCUT2D eigenvalue weighted by atomic mass is 16.4. The summed E-state index contributed by atoms with van der Waals surface area (Å²) in [6.07, 6.45) is 7.36. The van der Waals surface area contributed by atoms with Gasteiger partial charge in [-0.2, -0.15) is 0 Å². The molecule has 0 aromatic rings. The minimum atomic E-state index is -1.14. The molecule has 0 spiro atoms. The van der Waals surface area contributed by atoms with Gasteiger partial charge in [0.2, 0.25) is 0 Å². The SMILES string of the molecule is CC1(C)CC[C@]2(C(=O)O)CC[C@]3(C)C(=CC[C@@H]4[C@@]5(C)C[C@@H](O)[C@H](O)C(CO)(CO)[C@@H]5CC[C@]43C)[C@@H]2C1. The zero-order chi connectivity index (χ0) is 26.5. The van der Waals surface area contributed by atoms with E-state index in [-0.39, 0.29) is 52.6 Å². The number of aliphatic hydroxyl groups excluding tert-OH is 4. The second-order valence-corrected chi connectivity index (χ2v) is 14.9. The lowest BCUT2D eigenvalue weighted by Gasteiger charge is -2.71. The normalized spacial score (nSPS) is 51.1. The van der Waals surface area contributed by atoms with E-state index in [1.807, 2.05) is 0 Å². The second-order valence-electron chi connectivity index (χ2n) is 14.9. The van der Waals surface area contributed by atoms with E-state index in [0.29, 0.717) is 12.8 Å². The van der Waals surface area contributed by atoms with Gasteiger partial charge in [0.1, 0.15) is 0 Å². The van der Waals surface area contributed by atoms with Crippen LogP contribution < -0.4 is 0 Å². The van der Waals surface area contributed by atoms with Gasteiger partial charge in [-0.25, -0.2) is 0 Å². The van der Waals surface area contributed by atoms with Crippen LogP contribution in [0.15, 0.2) is 11.6 Å². The summed E-state index contributed by atoms with van der Waals surface area (Å²) in [6.45, 7) is 10.9. The van der Waals surface area contributed by atoms with Crippen LogP contribution in [-0.2, 0) is 4.79 Å². The molecule has 0 heterocycles. The van der Waals surface area contributed by atoms with Gasteiger partial charge in [-0.15, -0.1) is 0 Å². The van der Waals surface area contributed by atoms with Gasteiger partial charge in [-0.05, 0) is 97.2 Å². The highest BCUT2D eigenvalue weighted by molar-refractivity contribution is 5.76. The Balaban J connectivity index is 1.61. The van der Waals surface area contributed by atoms with Crippen LogP contribution in [0.3, 0.4) is 0 Å². The third-order valence-electron chi connectivity index (χ3n) is 13.2. The van der Waals surface area contributed by atoms with E-state index in [4.69, 9.17) is 0 Å². The number of fused-ring (bicyclic) bond motifs is 7. The summed E-state index contributed by atoms with van der Waals surface area (Å²) in [5, 5.41) is 53.3. The van der Waals surface area contributed by atoms with Crippen molar-refractivity contribution in [3.63, 3.8) is 0 Å². The van der Waals surface area contributed by atoms with E-state index in [1.54, 1.807) is 0 Å². The first-order valence-electron chi connectivity index (χ1n) is 14.2. The van der Waals surface area contributed by atoms with Gasteiger partial charge in [0.25, 0.3) is 0 Å².